The van der Waals surface area contributed by atoms with Gasteiger partial charge in [0.25, 0.3) is 0 Å². The van der Waals surface area contributed by atoms with Crippen LogP contribution in [0.2, 0.25) is 5.02 Å². The summed E-state index contributed by atoms with van der Waals surface area (Å²) in [4.78, 5) is 24.7. The van der Waals surface area contributed by atoms with Crippen molar-refractivity contribution >= 4 is 23.4 Å². The molecule has 2 rings (SSSR count). The van der Waals surface area contributed by atoms with Crippen LogP contribution in [0.4, 0.5) is 0 Å². The summed E-state index contributed by atoms with van der Waals surface area (Å²) in [6.45, 7) is 1.65. The minimum absolute atomic E-state index is 0.0685. The zero-order valence-corrected chi connectivity index (χ0v) is 14.9. The number of fused-ring (bicyclic) bond motifs is 1. The van der Waals surface area contributed by atoms with Gasteiger partial charge < -0.3 is 20.1 Å². The van der Waals surface area contributed by atoms with Crippen molar-refractivity contribution < 1.29 is 29.6 Å². The quantitative estimate of drug-likeness (QED) is 0.606. The number of phenolic OH excluding ortho intramolecular Hbond substituents is 2. The zero-order valence-electron chi connectivity index (χ0n) is 14.1. The first-order chi connectivity index (χ1) is 11.8. The number of ketones is 1. The summed E-state index contributed by atoms with van der Waals surface area (Å²) in [6.07, 6.45) is 2.10. The van der Waals surface area contributed by atoms with Gasteiger partial charge in [-0.1, -0.05) is 24.4 Å². The molecule has 0 saturated heterocycles. The van der Waals surface area contributed by atoms with Gasteiger partial charge in [0.2, 0.25) is 0 Å². The fourth-order valence-electron chi connectivity index (χ4n) is 3.03. The third-order valence-electron chi connectivity index (χ3n) is 4.30. The van der Waals surface area contributed by atoms with Crippen molar-refractivity contribution in [2.24, 2.45) is 0 Å². The Morgan fingerprint density at radius 2 is 1.88 bits per heavy atom. The molecule has 6 nitrogen and oxygen atoms in total. The molecule has 1 heterocycles. The number of hydrogen-bond acceptors (Lipinski definition) is 6. The molecule has 0 fully saturated rings. The number of benzene rings is 1. The minimum atomic E-state index is -0.834. The Kier molecular flexibility index (Phi) is 6.67. The maximum absolute atomic E-state index is 12.5. The van der Waals surface area contributed by atoms with E-state index in [1.54, 1.807) is 6.92 Å². The van der Waals surface area contributed by atoms with Crippen molar-refractivity contribution in [3.05, 3.63) is 22.2 Å². The van der Waals surface area contributed by atoms with Crippen LogP contribution in [0.3, 0.4) is 0 Å². The van der Waals surface area contributed by atoms with E-state index >= 15 is 0 Å². The van der Waals surface area contributed by atoms with E-state index in [1.165, 1.54) is 0 Å². The molecule has 25 heavy (non-hydrogen) atoms. The smallest absolute Gasteiger partial charge is 0.342 e. The molecule has 1 aliphatic heterocycles. The van der Waals surface area contributed by atoms with Gasteiger partial charge >= 0.3 is 5.97 Å². The first-order valence-corrected chi connectivity index (χ1v) is 8.81. The first-order valence-electron chi connectivity index (χ1n) is 8.43. The number of carbonyl (C=O) groups is 2. The highest BCUT2D eigenvalue weighted by atomic mass is 35.5. The van der Waals surface area contributed by atoms with Crippen LogP contribution in [0.1, 0.15) is 61.4 Å². The summed E-state index contributed by atoms with van der Waals surface area (Å²) in [5.41, 5.74) is -0.145. The first kappa shape index (κ1) is 19.5. The Morgan fingerprint density at radius 3 is 2.60 bits per heavy atom. The van der Waals surface area contributed by atoms with E-state index < -0.39 is 29.7 Å². The maximum Gasteiger partial charge on any atom is 0.342 e. The van der Waals surface area contributed by atoms with Gasteiger partial charge in [0.05, 0.1) is 11.1 Å². The molecule has 1 aliphatic rings. The number of Topliss-reactive ketones (excluding diaryl/α,β-unsaturated/α-hetero) is 1. The number of halogens is 1. The molecule has 0 aliphatic carbocycles. The molecular weight excluding hydrogens is 348 g/mol. The van der Waals surface area contributed by atoms with E-state index in [2.05, 4.69) is 0 Å². The monoisotopic (exact) mass is 370 g/mol. The number of carbonyl (C=O) groups excluding carboxylic acids is 2. The largest absolute Gasteiger partial charge is 0.507 e. The lowest BCUT2D eigenvalue weighted by molar-refractivity contribution is -0.118. The second kappa shape index (κ2) is 8.54. The fraction of sp³-hybridized carbons (Fsp3) is 0.556. The van der Waals surface area contributed by atoms with Crippen molar-refractivity contribution in [3.8, 4) is 11.5 Å². The number of aliphatic hydroxyl groups is 1. The molecule has 3 N–H and O–H groups in total. The van der Waals surface area contributed by atoms with Crippen LogP contribution in [-0.4, -0.2) is 39.3 Å². The second-order valence-corrected chi connectivity index (χ2v) is 6.88. The lowest BCUT2D eigenvalue weighted by atomic mass is 9.97. The Morgan fingerprint density at radius 1 is 1.16 bits per heavy atom. The Balaban J connectivity index is 2.40. The van der Waals surface area contributed by atoms with E-state index in [1.807, 2.05) is 0 Å². The molecule has 1 aromatic rings. The van der Waals surface area contributed by atoms with E-state index in [4.69, 9.17) is 16.3 Å². The van der Waals surface area contributed by atoms with E-state index in [-0.39, 0.29) is 34.8 Å². The van der Waals surface area contributed by atoms with Crippen LogP contribution >= 0.6 is 11.6 Å². The standard InChI is InChI=1S/C18H23ClO6/c1-10-7-11(20)5-3-2-4-6-12(21)8-13-16(18(24)25-10)14(22)9-15(23)17(13)19/h9-11,20,22-23H,2-8H2,1H3/t10-,11+/m1/s1. The third kappa shape index (κ3) is 5.09. The number of aromatic hydroxyl groups is 2. The molecule has 0 unspecified atom stereocenters. The van der Waals surface area contributed by atoms with E-state index in [9.17, 15) is 24.9 Å². The van der Waals surface area contributed by atoms with Gasteiger partial charge in [0.15, 0.2) is 0 Å². The van der Waals surface area contributed by atoms with Crippen molar-refractivity contribution in [1.82, 2.24) is 0 Å². The summed E-state index contributed by atoms with van der Waals surface area (Å²) >= 11 is 6.06. The van der Waals surface area contributed by atoms with Gasteiger partial charge in [-0.05, 0) is 19.8 Å². The van der Waals surface area contributed by atoms with Gasteiger partial charge in [0.1, 0.15) is 28.9 Å². The van der Waals surface area contributed by atoms with Crippen LogP contribution in [0.25, 0.3) is 0 Å². The molecule has 0 aromatic heterocycles. The lowest BCUT2D eigenvalue weighted by Crippen LogP contribution is -2.23. The molecule has 0 radical (unpaired) electrons. The zero-order chi connectivity index (χ0) is 18.6. The molecule has 0 bridgehead atoms. The van der Waals surface area contributed by atoms with Crippen molar-refractivity contribution in [1.29, 1.82) is 0 Å². The Bertz CT molecular complexity index is 657. The lowest BCUT2D eigenvalue weighted by Gasteiger charge is -2.20. The predicted molar refractivity (Wildman–Crippen MR) is 92.1 cm³/mol. The number of ether oxygens (including phenoxy) is 1. The van der Waals surface area contributed by atoms with Gasteiger partial charge in [0, 0.05) is 30.9 Å². The number of esters is 1. The summed E-state index contributed by atoms with van der Waals surface area (Å²) in [5, 5.41) is 29.7. The maximum atomic E-state index is 12.5. The van der Waals surface area contributed by atoms with Crippen LogP contribution < -0.4 is 0 Å². The highest BCUT2D eigenvalue weighted by molar-refractivity contribution is 6.33. The Labute approximate surface area is 151 Å². The van der Waals surface area contributed by atoms with Crippen molar-refractivity contribution in [2.45, 2.75) is 64.1 Å². The SMILES string of the molecule is C[C@@H]1C[C@@H](O)CCCCCC(=O)Cc2c(Cl)c(O)cc(O)c2C(=O)O1. The van der Waals surface area contributed by atoms with Crippen molar-refractivity contribution in [2.75, 3.05) is 0 Å². The molecule has 0 saturated carbocycles. The second-order valence-electron chi connectivity index (χ2n) is 6.50. The molecule has 7 heteroatoms. The van der Waals surface area contributed by atoms with Crippen LogP contribution in [0.15, 0.2) is 6.07 Å². The van der Waals surface area contributed by atoms with Gasteiger partial charge in [-0.25, -0.2) is 4.79 Å². The highest BCUT2D eigenvalue weighted by Crippen LogP contribution is 2.37. The van der Waals surface area contributed by atoms with Crippen LogP contribution in [0.5, 0.6) is 11.5 Å². The summed E-state index contributed by atoms with van der Waals surface area (Å²) in [6, 6.07) is 0.954. The van der Waals surface area contributed by atoms with Crippen molar-refractivity contribution in [3.63, 3.8) is 0 Å². The number of aliphatic hydroxyl groups excluding tert-OH is 1. The summed E-state index contributed by atoms with van der Waals surface area (Å²) in [7, 11) is 0. The fourth-order valence-corrected chi connectivity index (χ4v) is 3.25. The molecule has 138 valence electrons. The molecule has 0 amide bonds. The summed E-state index contributed by atoms with van der Waals surface area (Å²) < 4.78 is 5.29. The average molecular weight is 371 g/mol. The molecular formula is C18H23ClO6. The number of cyclic esters (lactones) is 1. The molecule has 2 atom stereocenters. The van der Waals surface area contributed by atoms with Gasteiger partial charge in [-0.15, -0.1) is 0 Å². The number of hydrogen-bond donors (Lipinski definition) is 3. The summed E-state index contributed by atoms with van der Waals surface area (Å²) in [5.74, 6) is -1.87. The highest BCUT2D eigenvalue weighted by Gasteiger charge is 2.26. The Hall–Kier alpha value is -1.79. The number of rotatable bonds is 0. The number of phenols is 2. The van der Waals surface area contributed by atoms with E-state index in [0.29, 0.717) is 19.3 Å². The van der Waals surface area contributed by atoms with Crippen LogP contribution in [-0.2, 0) is 16.0 Å². The predicted octanol–water partition coefficient (Wildman–Crippen LogP) is 3.12. The van der Waals surface area contributed by atoms with Gasteiger partial charge in [-0.3, -0.25) is 4.79 Å². The third-order valence-corrected chi connectivity index (χ3v) is 4.73. The topological polar surface area (TPSA) is 104 Å². The van der Waals surface area contributed by atoms with E-state index in [0.717, 1.165) is 18.9 Å². The average Bonchev–Trinajstić information content (AvgIpc) is 2.50. The molecule has 1 aromatic carbocycles. The minimum Gasteiger partial charge on any atom is -0.507 e. The van der Waals surface area contributed by atoms with Gasteiger partial charge in [-0.2, -0.15) is 0 Å². The normalized spacial score (nSPS) is 23.5. The van der Waals surface area contributed by atoms with Crippen LogP contribution in [0, 0.1) is 0 Å². The molecule has 0 spiro atoms.